The standard InChI is InChI=1S/C32H56O12Si4/c1-9-25(10-1)33-45(34-26-11-2-12-26)41-46(35-27-13-3-14-27,36-28-15-4-16-28)43-48(39-31-21-7-22-31,40-32-23-8-24-32)44-47(42-45,37-29-17-5-18-29)38-30-19-6-20-30/h25-32H,1-24H2. The minimum absolute atomic E-state index is 0.0613. The molecule has 16 heteroatoms. The lowest BCUT2D eigenvalue weighted by atomic mass is 9.97. The van der Waals surface area contributed by atoms with E-state index >= 15 is 0 Å². The molecule has 0 bridgehead atoms. The first-order chi connectivity index (χ1) is 23.5. The zero-order valence-corrected chi connectivity index (χ0v) is 32.5. The Bertz CT molecular complexity index is 843. The van der Waals surface area contributed by atoms with Crippen LogP contribution in [0.4, 0.5) is 0 Å². The molecule has 9 fully saturated rings. The average molecular weight is 745 g/mol. The monoisotopic (exact) mass is 744 g/mol. The van der Waals surface area contributed by atoms with Crippen molar-refractivity contribution in [2.75, 3.05) is 0 Å². The van der Waals surface area contributed by atoms with Gasteiger partial charge in [-0.3, -0.25) is 0 Å². The summed E-state index contributed by atoms with van der Waals surface area (Å²) in [4.78, 5) is 0. The lowest BCUT2D eigenvalue weighted by molar-refractivity contribution is -0.171. The van der Waals surface area contributed by atoms with Crippen LogP contribution in [0, 0.1) is 0 Å². The van der Waals surface area contributed by atoms with E-state index in [4.69, 9.17) is 51.9 Å². The molecule has 8 saturated carbocycles. The molecule has 1 heterocycles. The average Bonchev–Trinajstić information content (AvgIpc) is 2.88. The van der Waals surface area contributed by atoms with Crippen molar-refractivity contribution in [2.24, 2.45) is 0 Å². The van der Waals surface area contributed by atoms with Gasteiger partial charge in [0.2, 0.25) is 0 Å². The first-order valence-corrected chi connectivity index (χ1v) is 26.2. The highest BCUT2D eigenvalue weighted by Crippen LogP contribution is 2.46. The molecule has 0 radical (unpaired) electrons. The van der Waals surface area contributed by atoms with E-state index in [1.165, 1.54) is 0 Å². The van der Waals surface area contributed by atoms with E-state index in [0.717, 1.165) is 154 Å². The van der Waals surface area contributed by atoms with Crippen LogP contribution in [0.1, 0.15) is 154 Å². The summed E-state index contributed by atoms with van der Waals surface area (Å²) in [5.41, 5.74) is 0. The second-order valence-corrected chi connectivity index (χ2v) is 24.9. The minimum Gasteiger partial charge on any atom is -0.349 e. The van der Waals surface area contributed by atoms with Gasteiger partial charge >= 0.3 is 36.2 Å². The fourth-order valence-corrected chi connectivity index (χ4v) is 22.3. The molecular formula is C32H56O12Si4. The Morgan fingerprint density at radius 1 is 0.229 bits per heavy atom. The minimum atomic E-state index is -4.17. The Labute approximate surface area is 290 Å². The second-order valence-electron chi connectivity index (χ2n) is 15.8. The molecule has 9 rings (SSSR count). The molecule has 1 saturated heterocycles. The van der Waals surface area contributed by atoms with Crippen LogP contribution in [0.15, 0.2) is 0 Å². The summed E-state index contributed by atoms with van der Waals surface area (Å²) in [5.74, 6) is 0. The van der Waals surface area contributed by atoms with Gasteiger partial charge in [0.05, 0.1) is 48.8 Å². The Kier molecular flexibility index (Phi) is 10.2. The third kappa shape index (κ3) is 7.57. The molecular weight excluding hydrogens is 689 g/mol. The molecule has 0 unspecified atom stereocenters. The van der Waals surface area contributed by atoms with Crippen LogP contribution in [0.3, 0.4) is 0 Å². The lowest BCUT2D eigenvalue weighted by Gasteiger charge is -2.52. The van der Waals surface area contributed by atoms with Gasteiger partial charge in [0.25, 0.3) is 0 Å². The van der Waals surface area contributed by atoms with E-state index in [0.29, 0.717) is 0 Å². The Balaban J connectivity index is 1.16. The highest BCUT2D eigenvalue weighted by atomic mass is 28.6. The van der Waals surface area contributed by atoms with Gasteiger partial charge in [0.1, 0.15) is 0 Å². The molecule has 0 aromatic rings. The van der Waals surface area contributed by atoms with Crippen LogP contribution in [0.25, 0.3) is 0 Å². The second kappa shape index (κ2) is 14.3. The third-order valence-electron chi connectivity index (χ3n) is 11.9. The summed E-state index contributed by atoms with van der Waals surface area (Å²) in [6, 6.07) is 0. The third-order valence-corrected chi connectivity index (χ3v) is 24.9. The molecule has 9 aliphatic rings. The van der Waals surface area contributed by atoms with Gasteiger partial charge in [-0.1, -0.05) is 0 Å². The molecule has 12 nitrogen and oxygen atoms in total. The fraction of sp³-hybridized carbons (Fsp3) is 1.00. The van der Waals surface area contributed by atoms with E-state index in [-0.39, 0.29) is 48.8 Å². The predicted molar refractivity (Wildman–Crippen MR) is 177 cm³/mol. The molecule has 0 amide bonds. The van der Waals surface area contributed by atoms with Crippen molar-refractivity contribution in [3.05, 3.63) is 0 Å². The first-order valence-electron chi connectivity index (χ1n) is 19.7. The fourth-order valence-electron chi connectivity index (χ4n) is 6.73. The van der Waals surface area contributed by atoms with Crippen molar-refractivity contribution < 1.29 is 51.9 Å². The quantitative estimate of drug-likeness (QED) is 0.164. The largest absolute Gasteiger partial charge is 0.668 e. The van der Waals surface area contributed by atoms with Crippen molar-refractivity contribution in [1.29, 1.82) is 0 Å². The normalized spacial score (nSPS) is 33.0. The molecule has 0 N–H and O–H groups in total. The zero-order chi connectivity index (χ0) is 32.1. The highest BCUT2D eigenvalue weighted by Gasteiger charge is 2.78. The molecule has 0 spiro atoms. The molecule has 0 atom stereocenters. The molecule has 8 aliphatic carbocycles. The van der Waals surface area contributed by atoms with Crippen molar-refractivity contribution >= 4 is 36.2 Å². The Morgan fingerprint density at radius 2 is 0.354 bits per heavy atom. The predicted octanol–water partition coefficient (Wildman–Crippen LogP) is 6.36. The van der Waals surface area contributed by atoms with Crippen LogP contribution in [-0.2, 0) is 51.9 Å². The van der Waals surface area contributed by atoms with Crippen LogP contribution in [0.2, 0.25) is 0 Å². The maximum absolute atomic E-state index is 7.35. The van der Waals surface area contributed by atoms with Crippen molar-refractivity contribution in [1.82, 2.24) is 0 Å². The maximum atomic E-state index is 7.35. The lowest BCUT2D eigenvalue weighted by Crippen LogP contribution is -2.79. The first kappa shape index (κ1) is 34.2. The SMILES string of the molecule is C1CC(O[Si]2(OC3CCC3)O[Si](OC3CCC3)(OC3CCC3)O[Si](OC3CCC3)(OC3CCC3)O[Si](OC3CCC3)(OC3CCC3)O2)C1. The van der Waals surface area contributed by atoms with E-state index < -0.39 is 36.2 Å². The molecule has 1 aliphatic heterocycles. The summed E-state index contributed by atoms with van der Waals surface area (Å²) in [5, 5.41) is 0. The van der Waals surface area contributed by atoms with Gasteiger partial charge in [-0.15, -0.1) is 0 Å². The topological polar surface area (TPSA) is 111 Å². The van der Waals surface area contributed by atoms with E-state index in [2.05, 4.69) is 0 Å². The van der Waals surface area contributed by atoms with Crippen molar-refractivity contribution in [3.63, 3.8) is 0 Å². The summed E-state index contributed by atoms with van der Waals surface area (Å²) < 4.78 is 85.3. The van der Waals surface area contributed by atoms with E-state index in [1.54, 1.807) is 0 Å². The number of rotatable bonds is 16. The summed E-state index contributed by atoms with van der Waals surface area (Å²) in [6.07, 6.45) is 22.8. The van der Waals surface area contributed by atoms with Gasteiger partial charge < -0.3 is 51.9 Å². The van der Waals surface area contributed by atoms with Crippen LogP contribution in [-0.4, -0.2) is 85.0 Å². The summed E-state index contributed by atoms with van der Waals surface area (Å²) in [7, 11) is -16.7. The van der Waals surface area contributed by atoms with E-state index in [9.17, 15) is 0 Å². The molecule has 272 valence electrons. The number of hydrogen-bond donors (Lipinski definition) is 0. The van der Waals surface area contributed by atoms with Crippen molar-refractivity contribution in [2.45, 2.75) is 203 Å². The zero-order valence-electron chi connectivity index (χ0n) is 28.5. The Morgan fingerprint density at radius 3 is 0.438 bits per heavy atom. The van der Waals surface area contributed by atoms with Crippen molar-refractivity contribution in [3.8, 4) is 0 Å². The van der Waals surface area contributed by atoms with Crippen LogP contribution >= 0.6 is 0 Å². The molecule has 48 heavy (non-hydrogen) atoms. The smallest absolute Gasteiger partial charge is 0.349 e. The molecule has 0 aromatic heterocycles. The van der Waals surface area contributed by atoms with Gasteiger partial charge in [0, 0.05) is 0 Å². The Hall–Kier alpha value is 0.388. The maximum Gasteiger partial charge on any atom is 0.668 e. The summed E-state index contributed by atoms with van der Waals surface area (Å²) in [6.45, 7) is 0. The van der Waals surface area contributed by atoms with Gasteiger partial charge in [-0.25, -0.2) is 0 Å². The molecule has 0 aromatic carbocycles. The van der Waals surface area contributed by atoms with Gasteiger partial charge in [-0.2, -0.15) is 0 Å². The van der Waals surface area contributed by atoms with Gasteiger partial charge in [-0.05, 0) is 154 Å². The van der Waals surface area contributed by atoms with E-state index in [1.807, 2.05) is 0 Å². The highest BCUT2D eigenvalue weighted by molar-refractivity contribution is 6.83. The van der Waals surface area contributed by atoms with Crippen LogP contribution < -0.4 is 0 Å². The number of hydrogen-bond acceptors (Lipinski definition) is 12. The van der Waals surface area contributed by atoms with Crippen LogP contribution in [0.5, 0.6) is 0 Å². The van der Waals surface area contributed by atoms with Gasteiger partial charge in [0.15, 0.2) is 0 Å². The summed E-state index contributed by atoms with van der Waals surface area (Å²) >= 11 is 0.